The van der Waals surface area contributed by atoms with E-state index in [1.54, 1.807) is 17.8 Å². The predicted octanol–water partition coefficient (Wildman–Crippen LogP) is 3.60. The van der Waals surface area contributed by atoms with Crippen molar-refractivity contribution < 1.29 is 4.39 Å². The summed E-state index contributed by atoms with van der Waals surface area (Å²) in [6.45, 7) is 2.11. The Morgan fingerprint density at radius 1 is 1.53 bits per heavy atom. The van der Waals surface area contributed by atoms with E-state index >= 15 is 0 Å². The van der Waals surface area contributed by atoms with E-state index in [2.05, 4.69) is 28.2 Å². The Morgan fingerprint density at radius 2 is 2.27 bits per heavy atom. The monoisotopic (exact) mass is 291 g/mol. The molecule has 0 bridgehead atoms. The second-order valence-corrected chi connectivity index (χ2v) is 5.32. The number of benzene rings is 1. The van der Waals surface area contributed by atoms with Crippen molar-refractivity contribution in [2.45, 2.75) is 13.0 Å². The van der Waals surface area contributed by atoms with Gasteiger partial charge in [0.25, 0.3) is 0 Å². The van der Waals surface area contributed by atoms with Gasteiger partial charge in [-0.1, -0.05) is 19.1 Å². The van der Waals surface area contributed by atoms with Crippen LogP contribution >= 0.6 is 27.7 Å². The van der Waals surface area contributed by atoms with Crippen molar-refractivity contribution in [2.24, 2.45) is 0 Å². The molecule has 1 aromatic carbocycles. The van der Waals surface area contributed by atoms with E-state index in [1.165, 1.54) is 0 Å². The van der Waals surface area contributed by atoms with Gasteiger partial charge in [0.05, 0.1) is 4.47 Å². The quantitative estimate of drug-likeness (QED) is 0.890. The van der Waals surface area contributed by atoms with Crippen LogP contribution in [0.4, 0.5) is 4.39 Å². The molecule has 84 valence electrons. The summed E-state index contributed by atoms with van der Waals surface area (Å²) in [6, 6.07) is 5.49. The van der Waals surface area contributed by atoms with E-state index in [-0.39, 0.29) is 11.9 Å². The van der Waals surface area contributed by atoms with E-state index in [0.29, 0.717) is 4.47 Å². The highest BCUT2D eigenvalue weighted by Crippen LogP contribution is 2.25. The van der Waals surface area contributed by atoms with Crippen LogP contribution in [0.1, 0.15) is 18.5 Å². The summed E-state index contributed by atoms with van der Waals surface area (Å²) < 4.78 is 14.3. The smallest absolute Gasteiger partial charge is 0.142 e. The lowest BCUT2D eigenvalue weighted by atomic mass is 10.1. The molecule has 1 N–H and O–H groups in total. The zero-order valence-electron chi connectivity index (χ0n) is 8.89. The van der Waals surface area contributed by atoms with Gasteiger partial charge >= 0.3 is 0 Å². The standard InChI is InChI=1S/C11H15BrFNS/c1-3-15-7-10(14-2)8-5-4-6-9(12)11(8)13/h4-6,10,14H,3,7H2,1-2H3. The zero-order chi connectivity index (χ0) is 11.3. The van der Waals surface area contributed by atoms with Gasteiger partial charge in [-0.25, -0.2) is 4.39 Å². The molecule has 0 fully saturated rings. The maximum Gasteiger partial charge on any atom is 0.142 e. The van der Waals surface area contributed by atoms with Crippen LogP contribution in [-0.2, 0) is 0 Å². The first-order valence-electron chi connectivity index (χ1n) is 4.89. The van der Waals surface area contributed by atoms with Gasteiger partial charge in [0, 0.05) is 17.4 Å². The molecule has 0 saturated heterocycles. The minimum absolute atomic E-state index is 0.0763. The van der Waals surface area contributed by atoms with Crippen molar-refractivity contribution in [1.29, 1.82) is 0 Å². The van der Waals surface area contributed by atoms with Crippen molar-refractivity contribution in [3.05, 3.63) is 34.1 Å². The van der Waals surface area contributed by atoms with Gasteiger partial charge in [0.2, 0.25) is 0 Å². The average Bonchev–Trinajstić information content (AvgIpc) is 2.25. The van der Waals surface area contributed by atoms with Gasteiger partial charge in [0.15, 0.2) is 0 Å². The zero-order valence-corrected chi connectivity index (χ0v) is 11.3. The molecule has 1 aromatic rings. The summed E-state index contributed by atoms with van der Waals surface area (Å²) in [5.74, 6) is 1.78. The molecule has 0 heterocycles. The van der Waals surface area contributed by atoms with Crippen LogP contribution in [0.2, 0.25) is 0 Å². The van der Waals surface area contributed by atoms with Crippen molar-refractivity contribution in [2.75, 3.05) is 18.6 Å². The second-order valence-electron chi connectivity index (χ2n) is 3.14. The Kier molecular flexibility index (Phi) is 5.64. The van der Waals surface area contributed by atoms with E-state index in [4.69, 9.17) is 0 Å². The maximum atomic E-state index is 13.8. The normalized spacial score (nSPS) is 12.8. The molecule has 0 amide bonds. The van der Waals surface area contributed by atoms with Crippen molar-refractivity contribution >= 4 is 27.7 Å². The summed E-state index contributed by atoms with van der Waals surface area (Å²) in [5.41, 5.74) is 0.729. The third-order valence-corrected chi connectivity index (χ3v) is 3.78. The Balaban J connectivity index is 2.86. The average molecular weight is 292 g/mol. The lowest BCUT2D eigenvalue weighted by Crippen LogP contribution is -2.20. The number of nitrogens with one attached hydrogen (secondary N) is 1. The number of hydrogen-bond acceptors (Lipinski definition) is 2. The molecule has 0 radical (unpaired) electrons. The maximum absolute atomic E-state index is 13.8. The predicted molar refractivity (Wildman–Crippen MR) is 68.9 cm³/mol. The summed E-state index contributed by atoms with van der Waals surface area (Å²) in [5, 5.41) is 3.14. The third-order valence-electron chi connectivity index (χ3n) is 2.19. The minimum atomic E-state index is -0.159. The highest BCUT2D eigenvalue weighted by atomic mass is 79.9. The molecule has 4 heteroatoms. The fourth-order valence-electron chi connectivity index (χ4n) is 1.35. The summed E-state index contributed by atoms with van der Waals surface area (Å²) >= 11 is 5.01. The fraction of sp³-hybridized carbons (Fsp3) is 0.455. The number of hydrogen-bond donors (Lipinski definition) is 1. The minimum Gasteiger partial charge on any atom is -0.312 e. The molecule has 0 aliphatic carbocycles. The summed E-state index contributed by atoms with van der Waals surface area (Å²) in [4.78, 5) is 0. The molecule has 1 atom stereocenters. The second kappa shape index (κ2) is 6.51. The van der Waals surface area contributed by atoms with Gasteiger partial charge in [-0.2, -0.15) is 11.8 Å². The van der Waals surface area contributed by atoms with E-state index in [9.17, 15) is 4.39 Å². The van der Waals surface area contributed by atoms with Crippen LogP contribution in [0.15, 0.2) is 22.7 Å². The lowest BCUT2D eigenvalue weighted by Gasteiger charge is -2.17. The highest BCUT2D eigenvalue weighted by Gasteiger charge is 2.15. The molecule has 0 saturated carbocycles. The van der Waals surface area contributed by atoms with Crippen LogP contribution in [0.25, 0.3) is 0 Å². The molecule has 1 unspecified atom stereocenters. The summed E-state index contributed by atoms with van der Waals surface area (Å²) in [7, 11) is 1.86. The fourth-order valence-corrected chi connectivity index (χ4v) is 2.55. The SMILES string of the molecule is CCSCC(NC)c1cccc(Br)c1F. The van der Waals surface area contributed by atoms with Gasteiger partial charge in [-0.3, -0.25) is 0 Å². The first kappa shape index (κ1) is 13.0. The van der Waals surface area contributed by atoms with Gasteiger partial charge in [-0.05, 0) is 34.8 Å². The van der Waals surface area contributed by atoms with Gasteiger partial charge < -0.3 is 5.32 Å². The van der Waals surface area contributed by atoms with E-state index in [0.717, 1.165) is 17.1 Å². The molecule has 15 heavy (non-hydrogen) atoms. The lowest BCUT2D eigenvalue weighted by molar-refractivity contribution is 0.561. The Bertz CT molecular complexity index is 319. The first-order valence-corrected chi connectivity index (χ1v) is 6.84. The largest absolute Gasteiger partial charge is 0.312 e. The van der Waals surface area contributed by atoms with Crippen LogP contribution in [0.3, 0.4) is 0 Å². The molecule has 1 rings (SSSR count). The number of rotatable bonds is 5. The number of halogens is 2. The van der Waals surface area contributed by atoms with Gasteiger partial charge in [0.1, 0.15) is 5.82 Å². The Labute approximate surface area is 103 Å². The van der Waals surface area contributed by atoms with Crippen LogP contribution < -0.4 is 5.32 Å². The van der Waals surface area contributed by atoms with Crippen LogP contribution in [0, 0.1) is 5.82 Å². The Hall–Kier alpha value is -0.0600. The summed E-state index contributed by atoms with van der Waals surface area (Å²) in [6.07, 6.45) is 0. The van der Waals surface area contributed by atoms with Crippen LogP contribution in [0.5, 0.6) is 0 Å². The third kappa shape index (κ3) is 3.47. The van der Waals surface area contributed by atoms with E-state index in [1.807, 2.05) is 19.2 Å². The van der Waals surface area contributed by atoms with Crippen molar-refractivity contribution in [3.8, 4) is 0 Å². The van der Waals surface area contributed by atoms with Crippen molar-refractivity contribution in [3.63, 3.8) is 0 Å². The molecule has 0 aromatic heterocycles. The van der Waals surface area contributed by atoms with Crippen LogP contribution in [-0.4, -0.2) is 18.6 Å². The van der Waals surface area contributed by atoms with Crippen molar-refractivity contribution in [1.82, 2.24) is 5.32 Å². The topological polar surface area (TPSA) is 12.0 Å². The van der Waals surface area contributed by atoms with Gasteiger partial charge in [-0.15, -0.1) is 0 Å². The molecule has 0 aliphatic rings. The molecule has 0 aliphatic heterocycles. The molecular weight excluding hydrogens is 277 g/mol. The highest BCUT2D eigenvalue weighted by molar-refractivity contribution is 9.10. The molecular formula is C11H15BrFNS. The Morgan fingerprint density at radius 3 is 2.87 bits per heavy atom. The molecule has 0 spiro atoms. The first-order chi connectivity index (χ1) is 7.20. The number of thioether (sulfide) groups is 1. The van der Waals surface area contributed by atoms with E-state index < -0.39 is 0 Å². The molecule has 1 nitrogen and oxygen atoms in total.